The number of nitrogens with zero attached hydrogens (tertiary/aromatic N) is 1. The average molecular weight is 346 g/mol. The second-order valence-electron chi connectivity index (χ2n) is 5.93. The van der Waals surface area contributed by atoms with Crippen LogP contribution in [0.5, 0.6) is 0 Å². The summed E-state index contributed by atoms with van der Waals surface area (Å²) in [4.78, 5) is 36.6. The first-order valence-electron chi connectivity index (χ1n) is 7.67. The predicted octanol–water partition coefficient (Wildman–Crippen LogP) is 1.62. The third-order valence-electron chi connectivity index (χ3n) is 4.51. The van der Waals surface area contributed by atoms with E-state index in [2.05, 4.69) is 5.32 Å². The molecule has 2 N–H and O–H groups in total. The third-order valence-corrected chi connectivity index (χ3v) is 5.49. The number of nitrogens with one attached hydrogen (secondary N) is 1. The number of carbonyl (C=O) groups excluding carboxylic acids is 1. The number of hydrogen-bond acceptors (Lipinski definition) is 4. The minimum absolute atomic E-state index is 0.215. The number of para-hydroxylation sites is 1. The average Bonchev–Trinajstić information content (AvgIpc) is 2.58. The van der Waals surface area contributed by atoms with Crippen molar-refractivity contribution in [2.45, 2.75) is 18.4 Å². The molecular formula is C17H18N2O4S. The molecule has 1 amide bonds. The summed E-state index contributed by atoms with van der Waals surface area (Å²) in [6, 6.07) is 8.37. The maximum absolute atomic E-state index is 12.8. The van der Waals surface area contributed by atoms with Crippen LogP contribution in [0.25, 0.3) is 10.9 Å². The van der Waals surface area contributed by atoms with Gasteiger partial charge in [0.2, 0.25) is 0 Å². The Hall–Kier alpha value is -2.28. The highest BCUT2D eigenvalue weighted by atomic mass is 32.2. The molecule has 3 rings (SSSR count). The molecule has 24 heavy (non-hydrogen) atoms. The molecule has 0 saturated carbocycles. The van der Waals surface area contributed by atoms with Crippen molar-refractivity contribution in [3.63, 3.8) is 0 Å². The highest BCUT2D eigenvalue weighted by Gasteiger charge is 2.41. The number of benzene rings is 1. The van der Waals surface area contributed by atoms with E-state index in [-0.39, 0.29) is 11.1 Å². The number of aryl methyl sites for hydroxylation is 1. The summed E-state index contributed by atoms with van der Waals surface area (Å²) in [5.74, 6) is -0.171. The first kappa shape index (κ1) is 16.6. The number of pyridine rings is 1. The van der Waals surface area contributed by atoms with Gasteiger partial charge in [-0.1, -0.05) is 18.2 Å². The zero-order valence-corrected chi connectivity index (χ0v) is 14.1. The SMILES string of the molecule is Cn1c(=O)cc(C(=O)NC2(C(=O)O)CCSCC2)c2ccccc21. The molecule has 2 aromatic rings. The van der Waals surface area contributed by atoms with Crippen molar-refractivity contribution < 1.29 is 14.7 Å². The van der Waals surface area contributed by atoms with Crippen LogP contribution in [0.3, 0.4) is 0 Å². The standard InChI is InChI=1S/C17H18N2O4S/c1-19-13-5-3-2-4-11(13)12(10-14(19)20)15(21)18-17(16(22)23)6-8-24-9-7-17/h2-5,10H,6-9H2,1H3,(H,18,21)(H,22,23). The topological polar surface area (TPSA) is 88.4 Å². The van der Waals surface area contributed by atoms with Gasteiger partial charge in [0.05, 0.1) is 11.1 Å². The molecule has 0 radical (unpaired) electrons. The molecule has 1 aromatic heterocycles. The number of aliphatic carboxylic acids is 1. The van der Waals surface area contributed by atoms with Crippen molar-refractivity contribution in [1.29, 1.82) is 0 Å². The van der Waals surface area contributed by atoms with Crippen LogP contribution in [0, 0.1) is 0 Å². The first-order valence-corrected chi connectivity index (χ1v) is 8.82. The van der Waals surface area contributed by atoms with E-state index in [1.165, 1.54) is 10.6 Å². The van der Waals surface area contributed by atoms with Crippen LogP contribution in [0.4, 0.5) is 0 Å². The number of thioether (sulfide) groups is 1. The van der Waals surface area contributed by atoms with Crippen LogP contribution in [-0.2, 0) is 11.8 Å². The van der Waals surface area contributed by atoms with Gasteiger partial charge in [-0.15, -0.1) is 0 Å². The van der Waals surface area contributed by atoms with E-state index in [0.29, 0.717) is 35.3 Å². The fraction of sp³-hybridized carbons (Fsp3) is 0.353. The van der Waals surface area contributed by atoms with E-state index in [9.17, 15) is 19.5 Å². The Morgan fingerprint density at radius 1 is 1.25 bits per heavy atom. The summed E-state index contributed by atoms with van der Waals surface area (Å²) in [5, 5.41) is 12.9. The number of amides is 1. The normalized spacial score (nSPS) is 16.7. The minimum Gasteiger partial charge on any atom is -0.480 e. The van der Waals surface area contributed by atoms with Crippen LogP contribution in [0.1, 0.15) is 23.2 Å². The van der Waals surface area contributed by atoms with Crippen LogP contribution < -0.4 is 10.9 Å². The van der Waals surface area contributed by atoms with Crippen LogP contribution in [0.15, 0.2) is 35.1 Å². The molecular weight excluding hydrogens is 328 g/mol. The number of carbonyl (C=O) groups is 2. The van der Waals surface area contributed by atoms with Gasteiger partial charge in [0.25, 0.3) is 11.5 Å². The summed E-state index contributed by atoms with van der Waals surface area (Å²) in [5.41, 5.74) is -0.710. The molecule has 1 aliphatic rings. The van der Waals surface area contributed by atoms with Crippen molar-refractivity contribution in [3.05, 3.63) is 46.2 Å². The van der Waals surface area contributed by atoms with E-state index in [1.807, 2.05) is 0 Å². The second-order valence-corrected chi connectivity index (χ2v) is 7.15. The Morgan fingerprint density at radius 2 is 1.92 bits per heavy atom. The van der Waals surface area contributed by atoms with Crippen molar-refractivity contribution >= 4 is 34.5 Å². The molecule has 0 atom stereocenters. The fourth-order valence-corrected chi connectivity index (χ4v) is 4.19. The highest BCUT2D eigenvalue weighted by Crippen LogP contribution is 2.28. The lowest BCUT2D eigenvalue weighted by molar-refractivity contribution is -0.144. The molecule has 1 aromatic carbocycles. The Balaban J connectivity index is 2.04. The van der Waals surface area contributed by atoms with Crippen molar-refractivity contribution in [1.82, 2.24) is 9.88 Å². The van der Waals surface area contributed by atoms with E-state index in [4.69, 9.17) is 0 Å². The lowest BCUT2D eigenvalue weighted by Crippen LogP contribution is -2.56. The maximum Gasteiger partial charge on any atom is 0.329 e. The summed E-state index contributed by atoms with van der Waals surface area (Å²) in [7, 11) is 1.64. The molecule has 0 unspecified atom stereocenters. The molecule has 0 spiro atoms. The Labute approximate surface area is 142 Å². The second kappa shape index (κ2) is 6.32. The van der Waals surface area contributed by atoms with Crippen LogP contribution >= 0.6 is 11.8 Å². The summed E-state index contributed by atoms with van der Waals surface area (Å²) < 4.78 is 1.47. The van der Waals surface area contributed by atoms with Gasteiger partial charge in [0.1, 0.15) is 5.54 Å². The predicted molar refractivity (Wildman–Crippen MR) is 93.6 cm³/mol. The van der Waals surface area contributed by atoms with Crippen molar-refractivity contribution in [3.8, 4) is 0 Å². The van der Waals surface area contributed by atoms with Crippen LogP contribution in [0.2, 0.25) is 0 Å². The molecule has 7 heteroatoms. The van der Waals surface area contributed by atoms with E-state index >= 15 is 0 Å². The molecule has 1 fully saturated rings. The summed E-state index contributed by atoms with van der Waals surface area (Å²) >= 11 is 1.68. The van der Waals surface area contributed by atoms with Gasteiger partial charge < -0.3 is 15.0 Å². The monoisotopic (exact) mass is 346 g/mol. The van der Waals surface area contributed by atoms with Gasteiger partial charge in [-0.05, 0) is 30.4 Å². The molecule has 1 saturated heterocycles. The number of hydrogen-bond donors (Lipinski definition) is 2. The molecule has 0 aliphatic carbocycles. The van der Waals surface area contributed by atoms with Gasteiger partial charge in [-0.25, -0.2) is 4.79 Å². The maximum atomic E-state index is 12.8. The number of carboxylic acid groups (broad SMARTS) is 1. The molecule has 0 bridgehead atoms. The lowest BCUT2D eigenvalue weighted by atomic mass is 9.91. The quantitative estimate of drug-likeness (QED) is 0.882. The van der Waals surface area contributed by atoms with Gasteiger partial charge in [0, 0.05) is 18.5 Å². The third kappa shape index (κ3) is 2.80. The van der Waals surface area contributed by atoms with Gasteiger partial charge in [-0.3, -0.25) is 9.59 Å². The number of rotatable bonds is 3. The van der Waals surface area contributed by atoms with E-state index in [0.717, 1.165) is 0 Å². The van der Waals surface area contributed by atoms with E-state index in [1.54, 1.807) is 43.1 Å². The number of carboxylic acids is 1. The smallest absolute Gasteiger partial charge is 0.329 e. The molecule has 126 valence electrons. The fourth-order valence-electron chi connectivity index (χ4n) is 3.00. The summed E-state index contributed by atoms with van der Waals surface area (Å²) in [6.45, 7) is 0. The van der Waals surface area contributed by atoms with Crippen LogP contribution in [-0.4, -0.2) is 38.6 Å². The highest BCUT2D eigenvalue weighted by molar-refractivity contribution is 7.99. The number of fused-ring (bicyclic) bond motifs is 1. The van der Waals surface area contributed by atoms with Gasteiger partial charge in [0.15, 0.2) is 0 Å². The van der Waals surface area contributed by atoms with Crippen molar-refractivity contribution in [2.24, 2.45) is 7.05 Å². The lowest BCUT2D eigenvalue weighted by Gasteiger charge is -2.33. The Morgan fingerprint density at radius 3 is 2.58 bits per heavy atom. The number of aromatic nitrogens is 1. The molecule has 1 aliphatic heterocycles. The zero-order valence-electron chi connectivity index (χ0n) is 13.2. The largest absolute Gasteiger partial charge is 0.480 e. The van der Waals surface area contributed by atoms with Crippen molar-refractivity contribution in [2.75, 3.05) is 11.5 Å². The molecule has 2 heterocycles. The Bertz CT molecular complexity index is 869. The Kier molecular flexibility index (Phi) is 4.36. The van der Waals surface area contributed by atoms with E-state index < -0.39 is 17.4 Å². The minimum atomic E-state index is -1.26. The van der Waals surface area contributed by atoms with Gasteiger partial charge in [-0.2, -0.15) is 11.8 Å². The molecule has 6 nitrogen and oxygen atoms in total. The zero-order chi connectivity index (χ0) is 17.3. The van der Waals surface area contributed by atoms with Gasteiger partial charge >= 0.3 is 5.97 Å². The summed E-state index contributed by atoms with van der Waals surface area (Å²) in [6.07, 6.45) is 0.753. The first-order chi connectivity index (χ1) is 11.4.